The van der Waals surface area contributed by atoms with E-state index in [1.165, 1.54) is 24.0 Å². The third-order valence-electron chi connectivity index (χ3n) is 5.38. The largest absolute Gasteiger partial charge is 0.496 e. The van der Waals surface area contributed by atoms with Crippen LogP contribution in [0.25, 0.3) is 0 Å². The first kappa shape index (κ1) is 20.2. The molecule has 0 saturated heterocycles. The molecular weight excluding hydrogens is 350 g/mol. The van der Waals surface area contributed by atoms with Crippen molar-refractivity contribution in [1.29, 1.82) is 0 Å². The molecule has 0 aromatic heterocycles. The van der Waals surface area contributed by atoms with Gasteiger partial charge in [-0.1, -0.05) is 31.2 Å². The van der Waals surface area contributed by atoms with E-state index in [0.29, 0.717) is 13.0 Å². The molecule has 1 aliphatic rings. The number of rotatable bonds is 9. The van der Waals surface area contributed by atoms with Crippen LogP contribution >= 0.6 is 0 Å². The highest BCUT2D eigenvalue weighted by Crippen LogP contribution is 2.26. The fourth-order valence-electron chi connectivity index (χ4n) is 3.78. The molecule has 1 N–H and O–H groups in total. The summed E-state index contributed by atoms with van der Waals surface area (Å²) in [6.07, 6.45) is 6.69. The summed E-state index contributed by atoms with van der Waals surface area (Å²) in [4.78, 5) is 12.5. The Bertz CT molecular complexity index is 787. The summed E-state index contributed by atoms with van der Waals surface area (Å²) in [6.45, 7) is 2.61. The van der Waals surface area contributed by atoms with Gasteiger partial charge in [-0.15, -0.1) is 0 Å². The molecule has 1 amide bonds. The van der Waals surface area contributed by atoms with Crippen molar-refractivity contribution in [3.8, 4) is 11.5 Å². The van der Waals surface area contributed by atoms with Crippen LogP contribution in [-0.2, 0) is 24.1 Å². The average Bonchev–Trinajstić information content (AvgIpc) is 2.75. The molecule has 0 unspecified atom stereocenters. The van der Waals surface area contributed by atoms with Crippen LogP contribution in [0.15, 0.2) is 42.5 Å². The number of carbonyl (C=O) groups is 1. The number of amides is 1. The normalized spacial score (nSPS) is 14.1. The minimum atomic E-state index is -0.451. The summed E-state index contributed by atoms with van der Waals surface area (Å²) in [5.74, 6) is 1.66. The predicted octanol–water partition coefficient (Wildman–Crippen LogP) is 4.48. The molecule has 0 spiro atoms. The number of nitrogens with one attached hydrogen (secondary N) is 1. The van der Waals surface area contributed by atoms with Gasteiger partial charge in [-0.05, 0) is 79.8 Å². The van der Waals surface area contributed by atoms with Gasteiger partial charge in [0, 0.05) is 6.54 Å². The Balaban J connectivity index is 1.48. The third kappa shape index (κ3) is 5.28. The fourth-order valence-corrected chi connectivity index (χ4v) is 3.78. The van der Waals surface area contributed by atoms with Crippen LogP contribution in [0.1, 0.15) is 49.3 Å². The van der Waals surface area contributed by atoms with Gasteiger partial charge in [0.25, 0.3) is 5.91 Å². The number of benzene rings is 2. The summed E-state index contributed by atoms with van der Waals surface area (Å²) in [6, 6.07) is 14.3. The first-order chi connectivity index (χ1) is 13.7. The lowest BCUT2D eigenvalue weighted by atomic mass is 9.92. The first-order valence-electron chi connectivity index (χ1n) is 10.4. The smallest absolute Gasteiger partial charge is 0.261 e. The second-order valence-corrected chi connectivity index (χ2v) is 7.36. The number of hydrogen-bond donors (Lipinski definition) is 1. The van der Waals surface area contributed by atoms with E-state index in [2.05, 4.69) is 23.5 Å². The van der Waals surface area contributed by atoms with E-state index in [1.54, 1.807) is 7.11 Å². The molecular formula is C24H31NO3. The number of methoxy groups -OCH3 is 1. The molecule has 1 atom stereocenters. The highest BCUT2D eigenvalue weighted by Gasteiger charge is 2.19. The lowest BCUT2D eigenvalue weighted by molar-refractivity contribution is -0.128. The Morgan fingerprint density at radius 3 is 2.68 bits per heavy atom. The molecule has 0 heterocycles. The van der Waals surface area contributed by atoms with Crippen LogP contribution in [0.3, 0.4) is 0 Å². The van der Waals surface area contributed by atoms with Crippen molar-refractivity contribution in [3.05, 3.63) is 59.2 Å². The number of ether oxygens (including phenoxy) is 2. The van der Waals surface area contributed by atoms with Crippen molar-refractivity contribution < 1.29 is 14.3 Å². The number of carbonyl (C=O) groups excluding carboxylic acids is 1. The van der Waals surface area contributed by atoms with Crippen molar-refractivity contribution in [2.24, 2.45) is 0 Å². The maximum absolute atomic E-state index is 12.5. The quantitative estimate of drug-likeness (QED) is 0.652. The molecule has 28 heavy (non-hydrogen) atoms. The summed E-state index contributed by atoms with van der Waals surface area (Å²) in [7, 11) is 1.69. The number of para-hydroxylation sites is 1. The standard InChI is InChI=1S/C24H31NO3/c1-3-22(28-21-15-14-18-9-4-5-11-20(18)17-21)24(26)25-16-8-12-19-10-6-7-13-23(19)27-2/h6-7,10,13-15,17,22H,3-5,8-9,11-12,16H2,1-2H3,(H,25,26)/t22-/m0/s1. The molecule has 0 bridgehead atoms. The van der Waals surface area contributed by atoms with E-state index in [-0.39, 0.29) is 5.91 Å². The van der Waals surface area contributed by atoms with Gasteiger partial charge in [0.15, 0.2) is 6.10 Å². The fraction of sp³-hybridized carbons (Fsp3) is 0.458. The highest BCUT2D eigenvalue weighted by atomic mass is 16.5. The molecule has 0 fully saturated rings. The van der Waals surface area contributed by atoms with Crippen LogP contribution in [0.5, 0.6) is 11.5 Å². The lowest BCUT2D eigenvalue weighted by Gasteiger charge is -2.20. The van der Waals surface area contributed by atoms with E-state index in [0.717, 1.165) is 42.7 Å². The maximum atomic E-state index is 12.5. The van der Waals surface area contributed by atoms with Crippen molar-refractivity contribution in [2.75, 3.05) is 13.7 Å². The number of fused-ring (bicyclic) bond motifs is 1. The summed E-state index contributed by atoms with van der Waals surface area (Å²) in [5.41, 5.74) is 3.96. The Morgan fingerprint density at radius 1 is 1.11 bits per heavy atom. The van der Waals surface area contributed by atoms with Gasteiger partial charge in [0.1, 0.15) is 11.5 Å². The van der Waals surface area contributed by atoms with E-state index < -0.39 is 6.10 Å². The van der Waals surface area contributed by atoms with Crippen LogP contribution in [0, 0.1) is 0 Å². The molecule has 4 heteroatoms. The highest BCUT2D eigenvalue weighted by molar-refractivity contribution is 5.81. The first-order valence-corrected chi connectivity index (χ1v) is 10.4. The maximum Gasteiger partial charge on any atom is 0.261 e. The zero-order valence-electron chi connectivity index (χ0n) is 17.0. The monoisotopic (exact) mass is 381 g/mol. The molecule has 4 nitrogen and oxygen atoms in total. The summed E-state index contributed by atoms with van der Waals surface area (Å²) in [5, 5.41) is 3.02. The zero-order valence-corrected chi connectivity index (χ0v) is 17.0. The molecule has 2 aromatic rings. The predicted molar refractivity (Wildman–Crippen MR) is 112 cm³/mol. The number of aryl methyl sites for hydroxylation is 3. The van der Waals surface area contributed by atoms with E-state index in [4.69, 9.17) is 9.47 Å². The van der Waals surface area contributed by atoms with Crippen LogP contribution in [-0.4, -0.2) is 25.7 Å². The van der Waals surface area contributed by atoms with Gasteiger partial charge in [-0.25, -0.2) is 0 Å². The molecule has 0 aliphatic heterocycles. The average molecular weight is 382 g/mol. The lowest BCUT2D eigenvalue weighted by Crippen LogP contribution is -2.38. The van der Waals surface area contributed by atoms with Gasteiger partial charge < -0.3 is 14.8 Å². The molecule has 2 aromatic carbocycles. The molecule has 3 rings (SSSR count). The topological polar surface area (TPSA) is 47.6 Å². The van der Waals surface area contributed by atoms with Gasteiger partial charge in [0.2, 0.25) is 0 Å². The van der Waals surface area contributed by atoms with Crippen molar-refractivity contribution in [3.63, 3.8) is 0 Å². The third-order valence-corrected chi connectivity index (χ3v) is 5.38. The zero-order chi connectivity index (χ0) is 19.8. The Labute approximate surface area is 168 Å². The van der Waals surface area contributed by atoms with Crippen LogP contribution in [0.2, 0.25) is 0 Å². The van der Waals surface area contributed by atoms with Gasteiger partial charge in [-0.3, -0.25) is 4.79 Å². The Kier molecular flexibility index (Phi) is 7.35. The SMILES string of the molecule is CC[C@H](Oc1ccc2c(c1)CCCC2)C(=O)NCCCc1ccccc1OC. The van der Waals surface area contributed by atoms with Gasteiger partial charge in [0.05, 0.1) is 7.11 Å². The summed E-state index contributed by atoms with van der Waals surface area (Å²) < 4.78 is 11.4. The van der Waals surface area contributed by atoms with Crippen molar-refractivity contribution >= 4 is 5.91 Å². The molecule has 1 aliphatic carbocycles. The Morgan fingerprint density at radius 2 is 1.89 bits per heavy atom. The number of hydrogen-bond acceptors (Lipinski definition) is 3. The van der Waals surface area contributed by atoms with E-state index >= 15 is 0 Å². The van der Waals surface area contributed by atoms with E-state index in [1.807, 2.05) is 31.2 Å². The van der Waals surface area contributed by atoms with Gasteiger partial charge in [-0.2, -0.15) is 0 Å². The second kappa shape index (κ2) is 10.2. The Hall–Kier alpha value is -2.49. The summed E-state index contributed by atoms with van der Waals surface area (Å²) >= 11 is 0. The van der Waals surface area contributed by atoms with Crippen molar-refractivity contribution in [1.82, 2.24) is 5.32 Å². The van der Waals surface area contributed by atoms with E-state index in [9.17, 15) is 4.79 Å². The molecule has 150 valence electrons. The minimum Gasteiger partial charge on any atom is -0.496 e. The minimum absolute atomic E-state index is 0.0414. The molecule has 0 radical (unpaired) electrons. The molecule has 0 saturated carbocycles. The second-order valence-electron chi connectivity index (χ2n) is 7.36. The van der Waals surface area contributed by atoms with Gasteiger partial charge >= 0.3 is 0 Å². The van der Waals surface area contributed by atoms with Crippen LogP contribution < -0.4 is 14.8 Å². The van der Waals surface area contributed by atoms with Crippen LogP contribution in [0.4, 0.5) is 0 Å². The van der Waals surface area contributed by atoms with Crippen molar-refractivity contribution in [2.45, 2.75) is 58.0 Å².